The molecule has 0 spiro atoms. The lowest BCUT2D eigenvalue weighted by atomic mass is 10.0. The van der Waals surface area contributed by atoms with Crippen LogP contribution >= 0.6 is 0 Å². The Hall–Kier alpha value is -2.95. The van der Waals surface area contributed by atoms with Crippen LogP contribution in [0, 0.1) is 0 Å². The van der Waals surface area contributed by atoms with Crippen molar-refractivity contribution >= 4 is 22.6 Å². The van der Waals surface area contributed by atoms with E-state index in [1.807, 2.05) is 36.4 Å². The molecule has 0 saturated heterocycles. The maximum atomic E-state index is 12.5. The van der Waals surface area contributed by atoms with E-state index in [1.54, 1.807) is 12.3 Å². The van der Waals surface area contributed by atoms with Gasteiger partial charge < -0.3 is 0 Å². The minimum Gasteiger partial charge on any atom is -0.273 e. The number of carbonyl (C=O) groups is 1. The molecule has 0 unspecified atom stereocenters. The number of para-hydroxylation sites is 1. The van der Waals surface area contributed by atoms with Crippen LogP contribution in [-0.4, -0.2) is 15.6 Å². The van der Waals surface area contributed by atoms with E-state index in [-0.39, 0.29) is 11.5 Å². The van der Waals surface area contributed by atoms with Gasteiger partial charge in [-0.15, -0.1) is 0 Å². The highest BCUT2D eigenvalue weighted by Gasteiger charge is 2.27. The van der Waals surface area contributed by atoms with Gasteiger partial charge in [0.05, 0.1) is 5.69 Å². The topological polar surface area (TPSA) is 55.2 Å². The van der Waals surface area contributed by atoms with Crippen LogP contribution in [0.4, 0.5) is 5.69 Å². The van der Waals surface area contributed by atoms with Crippen LogP contribution in [0.3, 0.4) is 0 Å². The van der Waals surface area contributed by atoms with E-state index >= 15 is 0 Å². The lowest BCUT2D eigenvalue weighted by molar-refractivity contribution is -0.119. The van der Waals surface area contributed by atoms with E-state index in [4.69, 9.17) is 0 Å². The first-order valence-electron chi connectivity index (χ1n) is 7.13. The summed E-state index contributed by atoms with van der Waals surface area (Å²) >= 11 is 0. The number of benzene rings is 1. The fourth-order valence-corrected chi connectivity index (χ4v) is 2.88. The molecule has 5 heteroatoms. The van der Waals surface area contributed by atoms with Gasteiger partial charge in [0, 0.05) is 24.1 Å². The van der Waals surface area contributed by atoms with Crippen molar-refractivity contribution in [3.63, 3.8) is 0 Å². The predicted molar refractivity (Wildman–Crippen MR) is 83.7 cm³/mol. The number of nitrogens with zero attached hydrogens (tertiary/aromatic N) is 3. The van der Waals surface area contributed by atoms with Crippen LogP contribution in [0.5, 0.6) is 0 Å². The number of anilines is 1. The molecular weight excluding hydrogens is 278 g/mol. The third kappa shape index (κ3) is 1.83. The van der Waals surface area contributed by atoms with Crippen molar-refractivity contribution in [2.75, 3.05) is 5.01 Å². The van der Waals surface area contributed by atoms with Crippen LogP contribution in [0.25, 0.3) is 11.0 Å². The number of hydrogen-bond donors (Lipinski definition) is 0. The van der Waals surface area contributed by atoms with Crippen molar-refractivity contribution in [1.29, 1.82) is 0 Å². The highest BCUT2D eigenvalue weighted by molar-refractivity contribution is 5.97. The van der Waals surface area contributed by atoms with Gasteiger partial charge in [0.2, 0.25) is 5.91 Å². The normalized spacial score (nSPS) is 14.2. The minimum atomic E-state index is -0.267. The highest BCUT2D eigenvalue weighted by atomic mass is 16.2. The summed E-state index contributed by atoms with van der Waals surface area (Å²) in [5, 5.41) is 2.27. The molecule has 1 aliphatic rings. The van der Waals surface area contributed by atoms with Gasteiger partial charge in [-0.25, -0.2) is 9.99 Å². The number of fused-ring (bicyclic) bond motifs is 2. The zero-order chi connectivity index (χ0) is 15.1. The standard InChI is InChI=1S/C17H13N3O2/c21-15-9-7-12-4-1-2-6-14(12)19(15)20-16(22)10-8-13-5-3-11-18-17(13)20/h1-6,8,10-11H,7,9H2. The van der Waals surface area contributed by atoms with Crippen molar-refractivity contribution in [1.82, 2.24) is 9.66 Å². The molecule has 1 amide bonds. The van der Waals surface area contributed by atoms with Gasteiger partial charge >= 0.3 is 0 Å². The second kappa shape index (κ2) is 4.80. The molecule has 0 N–H and O–H groups in total. The van der Waals surface area contributed by atoms with Crippen LogP contribution in [0.2, 0.25) is 0 Å². The zero-order valence-electron chi connectivity index (χ0n) is 11.8. The minimum absolute atomic E-state index is 0.0982. The van der Waals surface area contributed by atoms with Gasteiger partial charge in [-0.05, 0) is 36.2 Å². The fraction of sp³-hybridized carbons (Fsp3) is 0.118. The quantitative estimate of drug-likeness (QED) is 0.690. The van der Waals surface area contributed by atoms with Gasteiger partial charge in [0.15, 0.2) is 5.65 Å². The van der Waals surface area contributed by atoms with E-state index in [1.165, 1.54) is 15.8 Å². The first-order chi connectivity index (χ1) is 10.8. The lowest BCUT2D eigenvalue weighted by Gasteiger charge is -2.30. The number of aromatic nitrogens is 2. The molecule has 0 atom stereocenters. The van der Waals surface area contributed by atoms with Crippen molar-refractivity contribution in [2.24, 2.45) is 0 Å². The van der Waals surface area contributed by atoms with E-state index in [9.17, 15) is 9.59 Å². The first-order valence-corrected chi connectivity index (χ1v) is 7.13. The summed E-state index contributed by atoms with van der Waals surface area (Å²) in [6, 6.07) is 14.5. The van der Waals surface area contributed by atoms with Gasteiger partial charge in [0.25, 0.3) is 5.56 Å². The van der Waals surface area contributed by atoms with Crippen molar-refractivity contribution in [3.8, 4) is 0 Å². The summed E-state index contributed by atoms with van der Waals surface area (Å²) in [7, 11) is 0. The smallest absolute Gasteiger partial charge is 0.271 e. The SMILES string of the molecule is O=C1CCc2ccccc2N1n1c(=O)ccc2cccnc21. The summed E-state index contributed by atoms with van der Waals surface area (Å²) in [4.78, 5) is 29.2. The molecule has 0 fully saturated rings. The predicted octanol–water partition coefficient (Wildman–Crippen LogP) is 2.14. The van der Waals surface area contributed by atoms with Gasteiger partial charge in [-0.1, -0.05) is 18.2 Å². The first kappa shape index (κ1) is 12.8. The molecule has 22 heavy (non-hydrogen) atoms. The fourth-order valence-electron chi connectivity index (χ4n) is 2.88. The average Bonchev–Trinajstić information content (AvgIpc) is 2.56. The van der Waals surface area contributed by atoms with Crippen LogP contribution in [-0.2, 0) is 11.2 Å². The number of amides is 1. The summed E-state index contributed by atoms with van der Waals surface area (Å²) in [6.07, 6.45) is 2.70. The van der Waals surface area contributed by atoms with Crippen molar-refractivity contribution in [2.45, 2.75) is 12.8 Å². The molecule has 0 bridgehead atoms. The summed E-state index contributed by atoms with van der Waals surface area (Å²) < 4.78 is 1.37. The molecule has 1 aromatic carbocycles. The molecule has 0 aliphatic carbocycles. The second-order valence-corrected chi connectivity index (χ2v) is 5.23. The Bertz CT molecular complexity index is 946. The van der Waals surface area contributed by atoms with Crippen LogP contribution < -0.4 is 10.6 Å². The Morgan fingerprint density at radius 3 is 2.68 bits per heavy atom. The Balaban J connectivity index is 2.05. The second-order valence-electron chi connectivity index (χ2n) is 5.23. The van der Waals surface area contributed by atoms with E-state index in [0.717, 1.165) is 16.6 Å². The number of rotatable bonds is 1. The van der Waals surface area contributed by atoms with Gasteiger partial charge in [-0.3, -0.25) is 9.59 Å². The maximum absolute atomic E-state index is 12.5. The molecular formula is C17H13N3O2. The third-order valence-corrected chi connectivity index (χ3v) is 3.90. The van der Waals surface area contributed by atoms with Crippen LogP contribution in [0.1, 0.15) is 12.0 Å². The lowest BCUT2D eigenvalue weighted by Crippen LogP contribution is -2.45. The summed E-state index contributed by atoms with van der Waals surface area (Å²) in [5.41, 5.74) is 2.03. The molecule has 108 valence electrons. The monoisotopic (exact) mass is 291 g/mol. The average molecular weight is 291 g/mol. The molecule has 4 rings (SSSR count). The number of carbonyl (C=O) groups excluding carboxylic acids is 1. The number of aryl methyl sites for hydroxylation is 1. The van der Waals surface area contributed by atoms with E-state index in [0.29, 0.717) is 18.5 Å². The molecule has 0 radical (unpaired) electrons. The third-order valence-electron chi connectivity index (χ3n) is 3.90. The van der Waals surface area contributed by atoms with Crippen molar-refractivity contribution < 1.29 is 4.79 Å². The Kier molecular flexibility index (Phi) is 2.79. The van der Waals surface area contributed by atoms with Crippen LogP contribution in [0.15, 0.2) is 59.5 Å². The van der Waals surface area contributed by atoms with E-state index in [2.05, 4.69) is 4.98 Å². The molecule has 3 heterocycles. The Morgan fingerprint density at radius 2 is 1.77 bits per heavy atom. The maximum Gasteiger partial charge on any atom is 0.271 e. The van der Waals surface area contributed by atoms with Crippen molar-refractivity contribution in [3.05, 3.63) is 70.6 Å². The molecule has 1 aliphatic heterocycles. The Morgan fingerprint density at radius 1 is 0.909 bits per heavy atom. The van der Waals surface area contributed by atoms with Gasteiger partial charge in [-0.2, -0.15) is 4.68 Å². The molecule has 3 aromatic rings. The molecule has 5 nitrogen and oxygen atoms in total. The molecule has 0 saturated carbocycles. The zero-order valence-corrected chi connectivity index (χ0v) is 11.8. The van der Waals surface area contributed by atoms with Gasteiger partial charge in [0.1, 0.15) is 0 Å². The summed E-state index contributed by atoms with van der Waals surface area (Å²) in [6.45, 7) is 0. The van der Waals surface area contributed by atoms with E-state index < -0.39 is 0 Å². The Labute approximate surface area is 126 Å². The molecule has 2 aromatic heterocycles. The largest absolute Gasteiger partial charge is 0.273 e. The number of hydrogen-bond acceptors (Lipinski definition) is 3. The summed E-state index contributed by atoms with van der Waals surface area (Å²) in [5.74, 6) is -0.0982. The number of pyridine rings is 2. The highest BCUT2D eigenvalue weighted by Crippen LogP contribution is 2.28.